The smallest absolute Gasteiger partial charge is 0.321 e. The first-order valence-electron chi connectivity index (χ1n) is 10.3. The van der Waals surface area contributed by atoms with Gasteiger partial charge in [-0.2, -0.15) is 4.31 Å². The maximum atomic E-state index is 12.8. The van der Waals surface area contributed by atoms with Crippen LogP contribution in [0.3, 0.4) is 0 Å². The first-order chi connectivity index (χ1) is 15.2. The Balaban J connectivity index is 1.74. The molecule has 11 nitrogen and oxygen atoms in total. The molecule has 0 aliphatic heterocycles. The van der Waals surface area contributed by atoms with Gasteiger partial charge in [-0.3, -0.25) is 10.1 Å². The zero-order valence-corrected chi connectivity index (χ0v) is 19.7. The molecule has 1 fully saturated rings. The first-order valence-corrected chi connectivity index (χ1v) is 12.6. The lowest BCUT2D eigenvalue weighted by molar-refractivity contribution is -0.119. The largest absolute Gasteiger partial charge is 0.335 e. The van der Waals surface area contributed by atoms with Crippen molar-refractivity contribution in [3.8, 4) is 11.4 Å². The van der Waals surface area contributed by atoms with Gasteiger partial charge in [-0.15, -0.1) is 10.2 Å². The first kappa shape index (κ1) is 24.0. The van der Waals surface area contributed by atoms with E-state index in [-0.39, 0.29) is 21.9 Å². The maximum absolute atomic E-state index is 12.8. The van der Waals surface area contributed by atoms with Crippen molar-refractivity contribution in [3.63, 3.8) is 0 Å². The van der Waals surface area contributed by atoms with Crippen LogP contribution in [-0.4, -0.2) is 63.9 Å². The molecule has 0 saturated heterocycles. The molecule has 2 aromatic rings. The number of aromatic nitrogens is 3. The molecule has 3 amide bonds. The second-order valence-corrected chi connectivity index (χ2v) is 10.5. The zero-order valence-electron chi connectivity index (χ0n) is 18.1. The van der Waals surface area contributed by atoms with Gasteiger partial charge < -0.3 is 11.2 Å². The van der Waals surface area contributed by atoms with Crippen molar-refractivity contribution in [2.45, 2.75) is 55.0 Å². The second kappa shape index (κ2) is 9.88. The molecule has 0 bridgehead atoms. The summed E-state index contributed by atoms with van der Waals surface area (Å²) in [6.07, 6.45) is 1.84. The Morgan fingerprint density at radius 1 is 1.28 bits per heavy atom. The standard InChI is InChI=1S/C19H27N7O4S2/c1-4-25(5-2)32(29,30)15-8-6-7-13(11-15)16-23-24-19(26(16)20)31-12(3)17(27)22-18(28)21-14-9-10-14/h6-8,11-12,14H,4-5,9-10,20H2,1-3H3,(H2,21,22,27,28). The summed E-state index contributed by atoms with van der Waals surface area (Å²) in [6.45, 7) is 5.89. The van der Waals surface area contributed by atoms with Gasteiger partial charge in [-0.05, 0) is 31.9 Å². The highest BCUT2D eigenvalue weighted by Crippen LogP contribution is 2.27. The van der Waals surface area contributed by atoms with Crippen molar-refractivity contribution in [2.24, 2.45) is 0 Å². The summed E-state index contributed by atoms with van der Waals surface area (Å²) in [7, 11) is -3.64. The van der Waals surface area contributed by atoms with Crippen molar-refractivity contribution >= 4 is 33.7 Å². The Hall–Kier alpha value is -2.64. The molecule has 32 heavy (non-hydrogen) atoms. The SMILES string of the molecule is CCN(CC)S(=O)(=O)c1cccc(-c2nnc(SC(C)C(=O)NC(=O)NC3CC3)n2N)c1. The van der Waals surface area contributed by atoms with E-state index < -0.39 is 27.2 Å². The topological polar surface area (TPSA) is 152 Å². The Bertz CT molecular complexity index is 1090. The molecule has 1 aromatic carbocycles. The highest BCUT2D eigenvalue weighted by atomic mass is 32.2. The summed E-state index contributed by atoms with van der Waals surface area (Å²) in [6, 6.07) is 5.92. The molecule has 1 aromatic heterocycles. The van der Waals surface area contributed by atoms with Crippen LogP contribution in [0, 0.1) is 0 Å². The third-order valence-electron chi connectivity index (χ3n) is 4.90. The van der Waals surface area contributed by atoms with E-state index in [1.807, 2.05) is 0 Å². The van der Waals surface area contributed by atoms with E-state index in [9.17, 15) is 18.0 Å². The van der Waals surface area contributed by atoms with E-state index in [1.165, 1.54) is 21.1 Å². The lowest BCUT2D eigenvalue weighted by Gasteiger charge is -2.18. The zero-order chi connectivity index (χ0) is 23.5. The van der Waals surface area contributed by atoms with Crippen molar-refractivity contribution in [1.29, 1.82) is 0 Å². The van der Waals surface area contributed by atoms with E-state index in [0.717, 1.165) is 24.6 Å². The molecule has 0 spiro atoms. The van der Waals surface area contributed by atoms with Gasteiger partial charge in [0.1, 0.15) is 0 Å². The second-order valence-electron chi connectivity index (χ2n) is 7.29. The minimum absolute atomic E-state index is 0.130. The van der Waals surface area contributed by atoms with Crippen molar-refractivity contribution in [2.75, 3.05) is 18.9 Å². The van der Waals surface area contributed by atoms with Gasteiger partial charge in [0.05, 0.1) is 10.1 Å². The quantitative estimate of drug-likeness (QED) is 0.356. The van der Waals surface area contributed by atoms with Gasteiger partial charge in [0.2, 0.25) is 21.1 Å². The van der Waals surface area contributed by atoms with Gasteiger partial charge in [0.25, 0.3) is 0 Å². The number of amides is 3. The van der Waals surface area contributed by atoms with Crippen LogP contribution in [0.4, 0.5) is 4.79 Å². The van der Waals surface area contributed by atoms with E-state index >= 15 is 0 Å². The summed E-state index contributed by atoms with van der Waals surface area (Å²) >= 11 is 1.04. The van der Waals surface area contributed by atoms with Crippen LogP contribution in [0.15, 0.2) is 34.3 Å². The van der Waals surface area contributed by atoms with Crippen molar-refractivity contribution in [1.82, 2.24) is 29.8 Å². The molecular weight excluding hydrogens is 454 g/mol. The Kier molecular flexibility index (Phi) is 7.41. The number of thioether (sulfide) groups is 1. The lowest BCUT2D eigenvalue weighted by Crippen LogP contribution is -2.43. The van der Waals surface area contributed by atoms with Crippen LogP contribution >= 0.6 is 11.8 Å². The van der Waals surface area contributed by atoms with Gasteiger partial charge in [-0.1, -0.05) is 37.7 Å². The molecule has 0 radical (unpaired) electrons. The summed E-state index contributed by atoms with van der Waals surface area (Å²) in [5, 5.41) is 12.7. The fraction of sp³-hybridized carbons (Fsp3) is 0.474. The van der Waals surface area contributed by atoms with Gasteiger partial charge in [-0.25, -0.2) is 17.9 Å². The summed E-state index contributed by atoms with van der Waals surface area (Å²) in [5.41, 5.74) is 0.473. The number of sulfonamides is 1. The molecule has 1 unspecified atom stereocenters. The van der Waals surface area contributed by atoms with Crippen LogP contribution < -0.4 is 16.5 Å². The monoisotopic (exact) mass is 481 g/mol. The average molecular weight is 482 g/mol. The van der Waals surface area contributed by atoms with E-state index in [2.05, 4.69) is 20.8 Å². The molecule has 4 N–H and O–H groups in total. The van der Waals surface area contributed by atoms with E-state index in [0.29, 0.717) is 18.7 Å². The molecule has 1 saturated carbocycles. The molecular formula is C19H27N7O4S2. The molecule has 13 heteroatoms. The van der Waals surface area contributed by atoms with Crippen LogP contribution in [0.2, 0.25) is 0 Å². The van der Waals surface area contributed by atoms with E-state index in [1.54, 1.807) is 32.9 Å². The number of nitrogens with two attached hydrogens (primary N) is 1. The van der Waals surface area contributed by atoms with Crippen LogP contribution in [0.5, 0.6) is 0 Å². The normalized spacial score (nSPS) is 14.9. The molecule has 1 aliphatic carbocycles. The number of rotatable bonds is 9. The third-order valence-corrected chi connectivity index (χ3v) is 8.00. The predicted molar refractivity (Wildman–Crippen MR) is 121 cm³/mol. The number of benzene rings is 1. The number of carbonyl (C=O) groups is 2. The molecule has 1 heterocycles. The highest BCUT2D eigenvalue weighted by molar-refractivity contribution is 8.00. The average Bonchev–Trinajstić information content (AvgIpc) is 3.50. The Morgan fingerprint density at radius 3 is 2.59 bits per heavy atom. The molecule has 3 rings (SSSR count). The number of hydrogen-bond donors (Lipinski definition) is 3. The molecule has 1 atom stereocenters. The number of urea groups is 1. The molecule has 1 aliphatic rings. The molecule has 174 valence electrons. The number of imide groups is 1. The lowest BCUT2D eigenvalue weighted by atomic mass is 10.2. The van der Waals surface area contributed by atoms with Crippen LogP contribution in [0.1, 0.15) is 33.6 Å². The minimum atomic E-state index is -3.64. The summed E-state index contributed by atoms with van der Waals surface area (Å²) in [4.78, 5) is 24.1. The van der Waals surface area contributed by atoms with Crippen LogP contribution in [-0.2, 0) is 14.8 Å². The number of nitrogens with zero attached hydrogens (tertiary/aromatic N) is 4. The number of hydrogen-bond acceptors (Lipinski definition) is 8. The summed E-state index contributed by atoms with van der Waals surface area (Å²) < 4.78 is 28.2. The number of nitrogens with one attached hydrogen (secondary N) is 2. The van der Waals surface area contributed by atoms with Crippen molar-refractivity contribution < 1.29 is 18.0 Å². The highest BCUT2D eigenvalue weighted by Gasteiger charge is 2.27. The van der Waals surface area contributed by atoms with Gasteiger partial charge in [0, 0.05) is 24.7 Å². The fourth-order valence-electron chi connectivity index (χ4n) is 2.94. The number of nitrogen functional groups attached to an aromatic ring is 1. The summed E-state index contributed by atoms with van der Waals surface area (Å²) in [5.74, 6) is 5.90. The Labute approximate surface area is 191 Å². The van der Waals surface area contributed by atoms with Gasteiger partial charge in [0.15, 0.2) is 5.82 Å². The van der Waals surface area contributed by atoms with E-state index in [4.69, 9.17) is 5.84 Å². The fourth-order valence-corrected chi connectivity index (χ4v) is 5.21. The minimum Gasteiger partial charge on any atom is -0.335 e. The third kappa shape index (κ3) is 5.40. The number of carbonyl (C=O) groups excluding carboxylic acids is 2. The van der Waals surface area contributed by atoms with Crippen molar-refractivity contribution in [3.05, 3.63) is 24.3 Å². The Morgan fingerprint density at radius 2 is 1.97 bits per heavy atom. The van der Waals surface area contributed by atoms with Crippen LogP contribution in [0.25, 0.3) is 11.4 Å². The predicted octanol–water partition coefficient (Wildman–Crippen LogP) is 1.16. The maximum Gasteiger partial charge on any atom is 0.321 e. The van der Waals surface area contributed by atoms with Gasteiger partial charge >= 0.3 is 6.03 Å².